The zero-order valence-corrected chi connectivity index (χ0v) is 14.1. The van der Waals surface area contributed by atoms with Crippen LogP contribution in [0.2, 0.25) is 0 Å². The zero-order chi connectivity index (χ0) is 16.7. The maximum absolute atomic E-state index is 12.5. The summed E-state index contributed by atoms with van der Waals surface area (Å²) in [5.74, 6) is -0.0506. The van der Waals surface area contributed by atoms with Gasteiger partial charge in [-0.2, -0.15) is 0 Å². The molecule has 2 aromatic rings. The third-order valence-corrected chi connectivity index (χ3v) is 5.31. The molecule has 0 aliphatic heterocycles. The van der Waals surface area contributed by atoms with Crippen molar-refractivity contribution < 1.29 is 13.5 Å². The molecule has 1 unspecified atom stereocenters. The van der Waals surface area contributed by atoms with Crippen molar-refractivity contribution in [2.24, 2.45) is 0 Å². The van der Waals surface area contributed by atoms with Crippen molar-refractivity contribution in [3.05, 3.63) is 65.7 Å². The first-order valence-corrected chi connectivity index (χ1v) is 9.29. The quantitative estimate of drug-likeness (QED) is 0.780. The van der Waals surface area contributed by atoms with Gasteiger partial charge in [-0.25, -0.2) is 13.1 Å². The first-order chi connectivity index (χ1) is 11.1. The molecule has 2 N–H and O–H groups in total. The predicted octanol–water partition coefficient (Wildman–Crippen LogP) is 2.69. The van der Waals surface area contributed by atoms with Crippen LogP contribution in [0.5, 0.6) is 0 Å². The molecule has 23 heavy (non-hydrogen) atoms. The minimum Gasteiger partial charge on any atom is -0.396 e. The van der Waals surface area contributed by atoms with Gasteiger partial charge in [0.05, 0.1) is 4.90 Å². The molecule has 0 aliphatic rings. The van der Waals surface area contributed by atoms with Crippen molar-refractivity contribution in [1.82, 2.24) is 4.72 Å². The van der Waals surface area contributed by atoms with Gasteiger partial charge in [-0.1, -0.05) is 49.4 Å². The number of sulfonamides is 1. The molecule has 0 amide bonds. The Morgan fingerprint density at radius 3 is 2.48 bits per heavy atom. The van der Waals surface area contributed by atoms with Gasteiger partial charge in [0.25, 0.3) is 0 Å². The summed E-state index contributed by atoms with van der Waals surface area (Å²) in [6.45, 7) is 2.28. The maximum atomic E-state index is 12.5. The molecular weight excluding hydrogens is 310 g/mol. The van der Waals surface area contributed by atoms with Gasteiger partial charge in [-0.05, 0) is 42.0 Å². The minimum absolute atomic E-state index is 0.0204. The second-order valence-corrected chi connectivity index (χ2v) is 7.24. The predicted molar refractivity (Wildman–Crippen MR) is 91.9 cm³/mol. The Labute approximate surface area is 138 Å². The highest BCUT2D eigenvalue weighted by Gasteiger charge is 2.18. The van der Waals surface area contributed by atoms with Crippen LogP contribution in [-0.4, -0.2) is 26.7 Å². The van der Waals surface area contributed by atoms with Gasteiger partial charge in [-0.3, -0.25) is 0 Å². The van der Waals surface area contributed by atoms with Crippen LogP contribution in [0.15, 0.2) is 59.5 Å². The average Bonchev–Trinajstić information content (AvgIpc) is 2.59. The Kier molecular flexibility index (Phi) is 6.33. The Morgan fingerprint density at radius 2 is 1.83 bits per heavy atom. The maximum Gasteiger partial charge on any atom is 0.240 e. The lowest BCUT2D eigenvalue weighted by atomic mass is 9.96. The summed E-state index contributed by atoms with van der Waals surface area (Å²) in [4.78, 5) is 0.285. The number of rotatable bonds is 8. The van der Waals surface area contributed by atoms with E-state index in [0.717, 1.165) is 17.5 Å². The molecule has 2 aromatic carbocycles. The van der Waals surface area contributed by atoms with Crippen LogP contribution < -0.4 is 4.72 Å². The lowest BCUT2D eigenvalue weighted by Gasteiger charge is -2.17. The summed E-state index contributed by atoms with van der Waals surface area (Å²) in [6.07, 6.45) is 1.31. The Morgan fingerprint density at radius 1 is 1.09 bits per heavy atom. The van der Waals surface area contributed by atoms with Crippen LogP contribution in [0, 0.1) is 0 Å². The van der Waals surface area contributed by atoms with Crippen LogP contribution in [0.25, 0.3) is 0 Å². The van der Waals surface area contributed by atoms with Crippen LogP contribution in [0.1, 0.15) is 30.4 Å². The molecule has 0 radical (unpaired) electrons. The highest BCUT2D eigenvalue weighted by Crippen LogP contribution is 2.19. The van der Waals surface area contributed by atoms with Crippen molar-refractivity contribution >= 4 is 10.0 Å². The normalized spacial score (nSPS) is 13.0. The first kappa shape index (κ1) is 17.7. The molecule has 2 rings (SSSR count). The molecule has 0 spiro atoms. The van der Waals surface area contributed by atoms with Gasteiger partial charge in [0.2, 0.25) is 10.0 Å². The second-order valence-electron chi connectivity index (χ2n) is 5.47. The van der Waals surface area contributed by atoms with Crippen molar-refractivity contribution in [2.45, 2.75) is 30.6 Å². The van der Waals surface area contributed by atoms with E-state index >= 15 is 0 Å². The Hall–Kier alpha value is -1.69. The smallest absolute Gasteiger partial charge is 0.240 e. The van der Waals surface area contributed by atoms with Crippen molar-refractivity contribution in [2.75, 3.05) is 13.2 Å². The first-order valence-electron chi connectivity index (χ1n) is 7.81. The molecule has 1 atom stereocenters. The SMILES string of the molecule is CCc1cccc(S(=O)(=O)NCC(CCO)c2ccccc2)c1. The van der Waals surface area contributed by atoms with E-state index in [-0.39, 0.29) is 24.0 Å². The van der Waals surface area contributed by atoms with E-state index in [1.807, 2.05) is 43.3 Å². The monoisotopic (exact) mass is 333 g/mol. The summed E-state index contributed by atoms with van der Waals surface area (Å²) in [5.41, 5.74) is 2.01. The fourth-order valence-electron chi connectivity index (χ4n) is 2.49. The Balaban J connectivity index is 2.12. The number of nitrogens with one attached hydrogen (secondary N) is 1. The van der Waals surface area contributed by atoms with Crippen LogP contribution in [0.3, 0.4) is 0 Å². The minimum atomic E-state index is -3.55. The van der Waals surface area contributed by atoms with Crippen LogP contribution >= 0.6 is 0 Å². The highest BCUT2D eigenvalue weighted by molar-refractivity contribution is 7.89. The van der Waals surface area contributed by atoms with E-state index in [9.17, 15) is 13.5 Å². The topological polar surface area (TPSA) is 66.4 Å². The van der Waals surface area contributed by atoms with E-state index < -0.39 is 10.0 Å². The van der Waals surface area contributed by atoms with Crippen molar-refractivity contribution in [3.8, 4) is 0 Å². The lowest BCUT2D eigenvalue weighted by Crippen LogP contribution is -2.29. The third-order valence-electron chi connectivity index (χ3n) is 3.89. The number of hydrogen-bond acceptors (Lipinski definition) is 3. The molecule has 0 aliphatic carbocycles. The standard InChI is InChI=1S/C18H23NO3S/c1-2-15-7-6-10-18(13-15)23(21,22)19-14-17(11-12-20)16-8-4-3-5-9-16/h3-10,13,17,19-20H,2,11-12,14H2,1H3. The van der Waals surface area contributed by atoms with Gasteiger partial charge in [0, 0.05) is 13.2 Å². The van der Waals surface area contributed by atoms with Crippen molar-refractivity contribution in [1.29, 1.82) is 0 Å². The number of aryl methyl sites for hydroxylation is 1. The molecular formula is C18H23NO3S. The molecule has 0 heterocycles. The molecule has 0 saturated carbocycles. The third kappa shape index (κ3) is 4.89. The van der Waals surface area contributed by atoms with E-state index in [4.69, 9.17) is 0 Å². The summed E-state index contributed by atoms with van der Waals surface area (Å²) in [5, 5.41) is 9.24. The second kappa shape index (κ2) is 8.24. The molecule has 5 heteroatoms. The highest BCUT2D eigenvalue weighted by atomic mass is 32.2. The van der Waals surface area contributed by atoms with E-state index in [2.05, 4.69) is 4.72 Å². The Bertz CT molecular complexity index is 714. The lowest BCUT2D eigenvalue weighted by molar-refractivity contribution is 0.275. The average molecular weight is 333 g/mol. The fourth-order valence-corrected chi connectivity index (χ4v) is 3.65. The molecule has 4 nitrogen and oxygen atoms in total. The molecule has 0 saturated heterocycles. The fraction of sp³-hybridized carbons (Fsp3) is 0.333. The van der Waals surface area contributed by atoms with Gasteiger partial charge in [-0.15, -0.1) is 0 Å². The summed E-state index contributed by atoms with van der Waals surface area (Å²) >= 11 is 0. The van der Waals surface area contributed by atoms with E-state index in [1.165, 1.54) is 0 Å². The zero-order valence-electron chi connectivity index (χ0n) is 13.3. The van der Waals surface area contributed by atoms with Gasteiger partial charge < -0.3 is 5.11 Å². The number of aliphatic hydroxyl groups excluding tert-OH is 1. The summed E-state index contributed by atoms with van der Waals surface area (Å²) in [6, 6.07) is 16.6. The summed E-state index contributed by atoms with van der Waals surface area (Å²) in [7, 11) is -3.55. The van der Waals surface area contributed by atoms with Gasteiger partial charge in [0.15, 0.2) is 0 Å². The molecule has 0 bridgehead atoms. The molecule has 0 aromatic heterocycles. The number of aliphatic hydroxyl groups is 1. The van der Waals surface area contributed by atoms with Crippen molar-refractivity contribution in [3.63, 3.8) is 0 Å². The van der Waals surface area contributed by atoms with E-state index in [1.54, 1.807) is 18.2 Å². The van der Waals surface area contributed by atoms with Gasteiger partial charge in [0.1, 0.15) is 0 Å². The van der Waals surface area contributed by atoms with Crippen LogP contribution in [0.4, 0.5) is 0 Å². The number of hydrogen-bond donors (Lipinski definition) is 2. The van der Waals surface area contributed by atoms with Gasteiger partial charge >= 0.3 is 0 Å². The largest absolute Gasteiger partial charge is 0.396 e. The molecule has 124 valence electrons. The van der Waals surface area contributed by atoms with Crippen LogP contribution in [-0.2, 0) is 16.4 Å². The number of benzene rings is 2. The summed E-state index contributed by atoms with van der Waals surface area (Å²) < 4.78 is 27.6. The molecule has 0 fully saturated rings. The van der Waals surface area contributed by atoms with E-state index in [0.29, 0.717) is 6.42 Å².